The minimum absolute atomic E-state index is 0.0592. The molecule has 1 aliphatic carbocycles. The fourth-order valence-electron chi connectivity index (χ4n) is 4.66. The van der Waals surface area contributed by atoms with E-state index in [1.54, 1.807) is 7.11 Å². The first kappa shape index (κ1) is 18.7. The Hall–Kier alpha value is -2.62. The largest absolute Gasteiger partial charge is 0.496 e. The van der Waals surface area contributed by atoms with Gasteiger partial charge in [-0.05, 0) is 43.2 Å². The summed E-state index contributed by atoms with van der Waals surface area (Å²) in [5, 5.41) is 0. The number of ether oxygens (including phenoxy) is 1. The van der Waals surface area contributed by atoms with Crippen LogP contribution in [0.1, 0.15) is 53.1 Å². The molecule has 1 saturated heterocycles. The maximum Gasteiger partial charge on any atom is 0.226 e. The summed E-state index contributed by atoms with van der Waals surface area (Å²) < 4.78 is 5.43. The molecular weight excluding hydrogens is 350 g/mol. The Labute approximate surface area is 166 Å². The van der Waals surface area contributed by atoms with Crippen molar-refractivity contribution >= 4 is 11.7 Å². The maximum atomic E-state index is 13.1. The molecule has 1 heterocycles. The number of carbonyl (C=O) groups excluding carboxylic acids is 2. The summed E-state index contributed by atoms with van der Waals surface area (Å²) in [6, 6.07) is 16.2. The molecule has 1 unspecified atom stereocenters. The van der Waals surface area contributed by atoms with Crippen molar-refractivity contribution in [3.8, 4) is 5.75 Å². The molecule has 0 bridgehead atoms. The van der Waals surface area contributed by atoms with Gasteiger partial charge in [-0.2, -0.15) is 0 Å². The van der Waals surface area contributed by atoms with Crippen LogP contribution in [0.5, 0.6) is 5.75 Å². The van der Waals surface area contributed by atoms with Crippen LogP contribution >= 0.6 is 0 Å². The molecule has 1 amide bonds. The second kappa shape index (κ2) is 8.17. The van der Waals surface area contributed by atoms with Crippen molar-refractivity contribution in [3.63, 3.8) is 0 Å². The third-order valence-corrected chi connectivity index (χ3v) is 6.25. The van der Waals surface area contributed by atoms with Crippen molar-refractivity contribution in [2.45, 2.75) is 38.0 Å². The van der Waals surface area contributed by atoms with Gasteiger partial charge in [-0.3, -0.25) is 9.59 Å². The zero-order chi connectivity index (χ0) is 19.5. The Morgan fingerprint density at radius 2 is 1.75 bits per heavy atom. The molecule has 0 spiro atoms. The molecule has 4 rings (SSSR count). The number of rotatable bonds is 3. The third kappa shape index (κ3) is 3.68. The highest BCUT2D eigenvalue weighted by Crippen LogP contribution is 2.33. The van der Waals surface area contributed by atoms with Crippen LogP contribution in [0.25, 0.3) is 0 Å². The van der Waals surface area contributed by atoms with Gasteiger partial charge in [0.25, 0.3) is 0 Å². The second-order valence-electron chi connectivity index (χ2n) is 7.86. The van der Waals surface area contributed by atoms with Crippen molar-refractivity contribution in [2.24, 2.45) is 5.92 Å². The number of Topliss-reactive ketones (excluding diaryl/α,β-unsaturated/α-hetero) is 1. The number of carbonyl (C=O) groups is 2. The summed E-state index contributed by atoms with van der Waals surface area (Å²) in [7, 11) is 1.63. The zero-order valence-corrected chi connectivity index (χ0v) is 16.4. The number of nitrogens with zero attached hydrogens (tertiary/aromatic N) is 1. The number of benzene rings is 2. The molecule has 0 radical (unpaired) electrons. The van der Waals surface area contributed by atoms with E-state index in [-0.39, 0.29) is 17.6 Å². The van der Waals surface area contributed by atoms with Crippen molar-refractivity contribution < 1.29 is 14.3 Å². The number of hydrogen-bond acceptors (Lipinski definition) is 3. The first-order chi connectivity index (χ1) is 13.7. The van der Waals surface area contributed by atoms with E-state index >= 15 is 0 Å². The van der Waals surface area contributed by atoms with E-state index in [4.69, 9.17) is 4.74 Å². The van der Waals surface area contributed by atoms with E-state index in [1.165, 1.54) is 5.56 Å². The molecule has 4 heteroatoms. The first-order valence-electron chi connectivity index (χ1n) is 10.2. The van der Waals surface area contributed by atoms with E-state index in [0.717, 1.165) is 42.8 Å². The molecule has 146 valence electrons. The van der Waals surface area contributed by atoms with Gasteiger partial charge < -0.3 is 9.64 Å². The molecule has 2 aromatic rings. The number of amides is 1. The Kier molecular flexibility index (Phi) is 5.47. The van der Waals surface area contributed by atoms with Crippen LogP contribution in [-0.4, -0.2) is 36.8 Å². The number of likely N-dealkylation sites (tertiary alicyclic amines) is 1. The van der Waals surface area contributed by atoms with E-state index < -0.39 is 0 Å². The lowest BCUT2D eigenvalue weighted by molar-refractivity contribution is -0.136. The molecule has 2 aromatic carbocycles. The minimum atomic E-state index is -0.224. The lowest BCUT2D eigenvalue weighted by atomic mass is 9.88. The zero-order valence-electron chi connectivity index (χ0n) is 16.4. The Morgan fingerprint density at radius 3 is 2.46 bits per heavy atom. The van der Waals surface area contributed by atoms with Crippen LogP contribution in [0.4, 0.5) is 0 Å². The summed E-state index contributed by atoms with van der Waals surface area (Å²) >= 11 is 0. The highest BCUT2D eigenvalue weighted by atomic mass is 16.5. The fraction of sp³-hybridized carbons (Fsp3) is 0.417. The monoisotopic (exact) mass is 377 g/mol. The summed E-state index contributed by atoms with van der Waals surface area (Å²) in [4.78, 5) is 27.9. The average Bonchev–Trinajstić information content (AvgIpc) is 2.93. The van der Waals surface area contributed by atoms with E-state index in [1.807, 2.05) is 29.2 Å². The van der Waals surface area contributed by atoms with Gasteiger partial charge in [-0.15, -0.1) is 0 Å². The summed E-state index contributed by atoms with van der Waals surface area (Å²) in [5.41, 5.74) is 3.03. The Bertz CT molecular complexity index is 853. The van der Waals surface area contributed by atoms with E-state index in [9.17, 15) is 9.59 Å². The molecule has 0 aromatic heterocycles. The van der Waals surface area contributed by atoms with Gasteiger partial charge in [0.2, 0.25) is 5.91 Å². The number of hydrogen-bond donors (Lipinski definition) is 0. The summed E-state index contributed by atoms with van der Waals surface area (Å²) in [6.45, 7) is 1.55. The van der Waals surface area contributed by atoms with Gasteiger partial charge in [-0.1, -0.05) is 42.5 Å². The predicted molar refractivity (Wildman–Crippen MR) is 109 cm³/mol. The SMILES string of the molecule is COc1cccc2c1CCC(C(=O)N1CCC(c3ccccc3)CC1)CC2=O. The van der Waals surface area contributed by atoms with Crippen LogP contribution < -0.4 is 4.74 Å². The standard InChI is InChI=1S/C24H27NO3/c1-28-23-9-5-8-20-21(23)11-10-19(16-22(20)26)24(27)25-14-12-18(13-15-25)17-6-3-2-4-7-17/h2-9,18-19H,10-16H2,1H3. The normalized spacial score (nSPS) is 20.4. The number of ketones is 1. The molecular formula is C24H27NO3. The number of fused-ring (bicyclic) bond motifs is 1. The lowest BCUT2D eigenvalue weighted by Gasteiger charge is -2.34. The molecule has 0 N–H and O–H groups in total. The van der Waals surface area contributed by atoms with Gasteiger partial charge in [0, 0.05) is 36.6 Å². The quantitative estimate of drug-likeness (QED) is 0.752. The Morgan fingerprint density at radius 1 is 1.00 bits per heavy atom. The van der Waals surface area contributed by atoms with E-state index in [0.29, 0.717) is 25.2 Å². The van der Waals surface area contributed by atoms with Gasteiger partial charge in [0.05, 0.1) is 7.11 Å². The van der Waals surface area contributed by atoms with Gasteiger partial charge in [0.15, 0.2) is 5.78 Å². The van der Waals surface area contributed by atoms with Crippen LogP contribution in [0.3, 0.4) is 0 Å². The van der Waals surface area contributed by atoms with Crippen molar-refractivity contribution in [1.82, 2.24) is 4.90 Å². The molecule has 4 nitrogen and oxygen atoms in total. The van der Waals surface area contributed by atoms with Gasteiger partial charge in [0.1, 0.15) is 5.75 Å². The van der Waals surface area contributed by atoms with Crippen LogP contribution in [0.2, 0.25) is 0 Å². The van der Waals surface area contributed by atoms with Crippen molar-refractivity contribution in [2.75, 3.05) is 20.2 Å². The Balaban J connectivity index is 1.42. The minimum Gasteiger partial charge on any atom is -0.496 e. The topological polar surface area (TPSA) is 46.6 Å². The van der Waals surface area contributed by atoms with Crippen LogP contribution in [0.15, 0.2) is 48.5 Å². The highest BCUT2D eigenvalue weighted by molar-refractivity contribution is 6.01. The van der Waals surface area contributed by atoms with Crippen molar-refractivity contribution in [3.05, 3.63) is 65.2 Å². The van der Waals surface area contributed by atoms with Crippen LogP contribution in [-0.2, 0) is 11.2 Å². The number of piperidine rings is 1. The smallest absolute Gasteiger partial charge is 0.226 e. The third-order valence-electron chi connectivity index (χ3n) is 6.25. The second-order valence-corrected chi connectivity index (χ2v) is 7.86. The van der Waals surface area contributed by atoms with Gasteiger partial charge >= 0.3 is 0 Å². The average molecular weight is 377 g/mol. The fourth-order valence-corrected chi connectivity index (χ4v) is 4.66. The first-order valence-corrected chi connectivity index (χ1v) is 10.2. The van der Waals surface area contributed by atoms with Crippen molar-refractivity contribution in [1.29, 1.82) is 0 Å². The molecule has 2 aliphatic rings. The highest BCUT2D eigenvalue weighted by Gasteiger charge is 2.33. The molecule has 1 aliphatic heterocycles. The summed E-state index contributed by atoms with van der Waals surface area (Å²) in [6.07, 6.45) is 3.70. The van der Waals surface area contributed by atoms with Gasteiger partial charge in [-0.25, -0.2) is 0 Å². The predicted octanol–water partition coefficient (Wildman–Crippen LogP) is 4.24. The van der Waals surface area contributed by atoms with E-state index in [2.05, 4.69) is 24.3 Å². The molecule has 0 saturated carbocycles. The van der Waals surface area contributed by atoms with Crippen LogP contribution in [0, 0.1) is 5.92 Å². The lowest BCUT2D eigenvalue weighted by Crippen LogP contribution is -2.41. The number of methoxy groups -OCH3 is 1. The molecule has 1 atom stereocenters. The molecule has 1 fully saturated rings. The maximum absolute atomic E-state index is 13.1. The molecule has 28 heavy (non-hydrogen) atoms. The summed E-state index contributed by atoms with van der Waals surface area (Å²) in [5.74, 6) is 1.26.